The van der Waals surface area contributed by atoms with Crippen molar-refractivity contribution >= 4 is 11.8 Å². The molecular weight excluding hydrogens is 312 g/mol. The van der Waals surface area contributed by atoms with Crippen LogP contribution in [0.4, 0.5) is 0 Å². The van der Waals surface area contributed by atoms with Crippen molar-refractivity contribution in [1.29, 1.82) is 0 Å². The highest BCUT2D eigenvalue weighted by Crippen LogP contribution is 2.40. The number of H-pyrrole nitrogens is 2. The van der Waals surface area contributed by atoms with E-state index in [1.165, 1.54) is 0 Å². The predicted octanol–water partition coefficient (Wildman–Crippen LogP) is -0.533. The molecule has 8 nitrogen and oxygen atoms in total. The minimum atomic E-state index is -0.448. The molecule has 24 heavy (non-hydrogen) atoms. The van der Waals surface area contributed by atoms with Gasteiger partial charge in [-0.1, -0.05) is 0 Å². The molecule has 1 spiro atoms. The van der Waals surface area contributed by atoms with Crippen LogP contribution in [-0.4, -0.2) is 58.0 Å². The molecule has 0 aromatic carbocycles. The summed E-state index contributed by atoms with van der Waals surface area (Å²) >= 11 is 0. The van der Waals surface area contributed by atoms with Crippen molar-refractivity contribution in [3.05, 3.63) is 32.3 Å². The maximum Gasteiger partial charge on any atom is 0.266 e. The number of hydrogen-bond donors (Lipinski definition) is 2. The first-order chi connectivity index (χ1) is 11.4. The number of amides is 2. The summed E-state index contributed by atoms with van der Waals surface area (Å²) in [4.78, 5) is 50.9. The maximum absolute atomic E-state index is 12.4. The number of likely N-dealkylation sites (tertiary alicyclic amines) is 2. The molecule has 0 bridgehead atoms. The Hall–Kier alpha value is -2.38. The van der Waals surface area contributed by atoms with E-state index in [4.69, 9.17) is 0 Å². The maximum atomic E-state index is 12.4. The Kier molecular flexibility index (Phi) is 4.29. The molecule has 0 radical (unpaired) electrons. The number of carbonyl (C=O) groups is 2. The molecule has 1 aromatic heterocycles. The van der Waals surface area contributed by atoms with Gasteiger partial charge in [-0.2, -0.15) is 0 Å². The van der Waals surface area contributed by atoms with Crippen LogP contribution in [0, 0.1) is 5.41 Å². The minimum Gasteiger partial charge on any atom is -0.342 e. The fourth-order valence-corrected chi connectivity index (χ4v) is 3.70. The summed E-state index contributed by atoms with van der Waals surface area (Å²) in [5, 5.41) is 4.41. The quantitative estimate of drug-likeness (QED) is 0.775. The number of aromatic amines is 2. The molecule has 0 aliphatic carbocycles. The molecule has 2 aliphatic rings. The number of hydrogen-bond acceptors (Lipinski definition) is 4. The average Bonchev–Trinajstić information content (AvgIpc) is 2.87. The van der Waals surface area contributed by atoms with E-state index < -0.39 is 11.1 Å². The first-order valence-electron chi connectivity index (χ1n) is 8.29. The van der Waals surface area contributed by atoms with Gasteiger partial charge < -0.3 is 9.80 Å². The lowest BCUT2D eigenvalue weighted by molar-refractivity contribution is -0.132. The van der Waals surface area contributed by atoms with E-state index in [-0.39, 0.29) is 29.2 Å². The average molecular weight is 334 g/mol. The molecule has 8 heteroatoms. The second-order valence-electron chi connectivity index (χ2n) is 6.76. The van der Waals surface area contributed by atoms with Gasteiger partial charge in [0.15, 0.2) is 0 Å². The van der Waals surface area contributed by atoms with Crippen LogP contribution < -0.4 is 11.1 Å². The zero-order valence-electron chi connectivity index (χ0n) is 13.8. The number of nitrogens with one attached hydrogen (secondary N) is 2. The Morgan fingerprint density at radius 1 is 1.21 bits per heavy atom. The standard InChI is InChI=1S/C16H22N4O4/c1-2-19-10-16(9-14(19)23)3-5-20(6-4-16)13(22)8-11-7-12(21)17-18-15(11)24/h7H,2-6,8-10H2,1H3,(H,17,21)(H,18,24). The normalized spacial score (nSPS) is 20.0. The van der Waals surface area contributed by atoms with E-state index >= 15 is 0 Å². The van der Waals surface area contributed by atoms with E-state index in [0.29, 0.717) is 19.5 Å². The number of carbonyl (C=O) groups excluding carboxylic acids is 2. The van der Waals surface area contributed by atoms with Crippen LogP contribution in [0.3, 0.4) is 0 Å². The number of nitrogens with zero attached hydrogens (tertiary/aromatic N) is 2. The van der Waals surface area contributed by atoms with Crippen LogP contribution in [-0.2, 0) is 16.0 Å². The highest BCUT2D eigenvalue weighted by Gasteiger charge is 2.44. The van der Waals surface area contributed by atoms with Gasteiger partial charge in [0.25, 0.3) is 11.1 Å². The number of aromatic nitrogens is 2. The van der Waals surface area contributed by atoms with E-state index in [0.717, 1.165) is 32.0 Å². The van der Waals surface area contributed by atoms with Gasteiger partial charge in [-0.05, 0) is 19.8 Å². The third kappa shape index (κ3) is 3.13. The Bertz CT molecular complexity index is 758. The van der Waals surface area contributed by atoms with Crippen LogP contribution in [0.25, 0.3) is 0 Å². The molecule has 0 atom stereocenters. The van der Waals surface area contributed by atoms with Crippen molar-refractivity contribution in [2.24, 2.45) is 5.41 Å². The van der Waals surface area contributed by atoms with Crippen LogP contribution in [0.5, 0.6) is 0 Å². The lowest BCUT2D eigenvalue weighted by atomic mass is 9.77. The lowest BCUT2D eigenvalue weighted by Crippen LogP contribution is -2.45. The fourth-order valence-electron chi connectivity index (χ4n) is 3.70. The van der Waals surface area contributed by atoms with Gasteiger partial charge in [0, 0.05) is 49.6 Å². The largest absolute Gasteiger partial charge is 0.342 e. The van der Waals surface area contributed by atoms with Crippen molar-refractivity contribution in [2.45, 2.75) is 32.6 Å². The Balaban J connectivity index is 1.62. The van der Waals surface area contributed by atoms with Crippen molar-refractivity contribution < 1.29 is 9.59 Å². The molecule has 2 fully saturated rings. The van der Waals surface area contributed by atoms with E-state index in [2.05, 4.69) is 10.2 Å². The molecule has 2 saturated heterocycles. The SMILES string of the molecule is CCN1CC2(CCN(C(=O)Cc3cc(=O)[nH][nH]c3=O)CC2)CC1=O. The summed E-state index contributed by atoms with van der Waals surface area (Å²) < 4.78 is 0. The van der Waals surface area contributed by atoms with E-state index in [1.54, 1.807) is 4.90 Å². The molecular formula is C16H22N4O4. The molecule has 2 aliphatic heterocycles. The topological polar surface area (TPSA) is 106 Å². The number of piperidine rings is 1. The van der Waals surface area contributed by atoms with Gasteiger partial charge in [-0.3, -0.25) is 29.4 Å². The van der Waals surface area contributed by atoms with E-state index in [9.17, 15) is 19.2 Å². The molecule has 0 unspecified atom stereocenters. The molecule has 0 saturated carbocycles. The van der Waals surface area contributed by atoms with Crippen molar-refractivity contribution in [2.75, 3.05) is 26.2 Å². The summed E-state index contributed by atoms with van der Waals surface area (Å²) in [6.45, 7) is 4.66. The van der Waals surface area contributed by atoms with Crippen molar-refractivity contribution in [3.63, 3.8) is 0 Å². The molecule has 1 aromatic rings. The van der Waals surface area contributed by atoms with Gasteiger partial charge in [-0.25, -0.2) is 0 Å². The minimum absolute atomic E-state index is 0.00869. The second kappa shape index (κ2) is 6.26. The van der Waals surface area contributed by atoms with Crippen LogP contribution in [0.2, 0.25) is 0 Å². The Labute approximate surface area is 138 Å². The predicted molar refractivity (Wildman–Crippen MR) is 86.5 cm³/mol. The van der Waals surface area contributed by atoms with Gasteiger partial charge in [0.1, 0.15) is 0 Å². The molecule has 2 N–H and O–H groups in total. The summed E-state index contributed by atoms with van der Waals surface area (Å²) in [5.74, 6) is 0.0462. The summed E-state index contributed by atoms with van der Waals surface area (Å²) in [6, 6.07) is 1.16. The Morgan fingerprint density at radius 3 is 2.54 bits per heavy atom. The highest BCUT2D eigenvalue weighted by molar-refractivity contribution is 5.80. The van der Waals surface area contributed by atoms with Crippen molar-refractivity contribution in [1.82, 2.24) is 20.0 Å². The van der Waals surface area contributed by atoms with Gasteiger partial charge in [-0.15, -0.1) is 0 Å². The summed E-state index contributed by atoms with van der Waals surface area (Å²) in [6.07, 6.45) is 2.09. The monoisotopic (exact) mass is 334 g/mol. The first kappa shape index (κ1) is 16.5. The zero-order valence-corrected chi connectivity index (χ0v) is 13.8. The summed E-state index contributed by atoms with van der Waals surface area (Å²) in [7, 11) is 0. The second-order valence-corrected chi connectivity index (χ2v) is 6.76. The van der Waals surface area contributed by atoms with Crippen LogP contribution >= 0.6 is 0 Å². The van der Waals surface area contributed by atoms with Crippen LogP contribution in [0.15, 0.2) is 15.7 Å². The first-order valence-corrected chi connectivity index (χ1v) is 8.29. The third-order valence-electron chi connectivity index (χ3n) is 5.20. The molecule has 3 heterocycles. The number of rotatable bonds is 3. The van der Waals surface area contributed by atoms with Gasteiger partial charge in [0.05, 0.1) is 6.42 Å². The Morgan fingerprint density at radius 2 is 1.92 bits per heavy atom. The molecule has 2 amide bonds. The van der Waals surface area contributed by atoms with Gasteiger partial charge >= 0.3 is 0 Å². The highest BCUT2D eigenvalue weighted by atomic mass is 16.2. The fraction of sp³-hybridized carbons (Fsp3) is 0.625. The zero-order chi connectivity index (χ0) is 17.3. The van der Waals surface area contributed by atoms with Crippen molar-refractivity contribution in [3.8, 4) is 0 Å². The molecule has 3 rings (SSSR count). The summed E-state index contributed by atoms with van der Waals surface area (Å²) in [5.41, 5.74) is -0.710. The van der Waals surface area contributed by atoms with E-state index in [1.807, 2.05) is 11.8 Å². The van der Waals surface area contributed by atoms with Crippen LogP contribution in [0.1, 0.15) is 31.7 Å². The lowest BCUT2D eigenvalue weighted by Gasteiger charge is -2.38. The smallest absolute Gasteiger partial charge is 0.266 e. The third-order valence-corrected chi connectivity index (χ3v) is 5.20. The van der Waals surface area contributed by atoms with Gasteiger partial charge in [0.2, 0.25) is 11.8 Å². The molecule has 130 valence electrons.